The summed E-state index contributed by atoms with van der Waals surface area (Å²) in [5.74, 6) is 1.58. The fourth-order valence-electron chi connectivity index (χ4n) is 3.90. The summed E-state index contributed by atoms with van der Waals surface area (Å²) in [5, 5.41) is 4.35. The molecule has 20 heavy (non-hydrogen) atoms. The van der Waals surface area contributed by atoms with Crippen LogP contribution in [-0.2, 0) is 6.42 Å². The SMILES string of the molecule is CC(C)n1ncnc1CC1(N)CCCCC1C(C)(C)C. The number of rotatable bonds is 3. The van der Waals surface area contributed by atoms with Gasteiger partial charge in [-0.05, 0) is 38.0 Å². The second-order valence-electron chi connectivity index (χ2n) is 7.79. The van der Waals surface area contributed by atoms with Gasteiger partial charge in [0.15, 0.2) is 0 Å². The standard InChI is InChI=1S/C16H30N4/c1-12(2)20-14(18-11-19-20)10-16(17)9-7-6-8-13(16)15(3,4)5/h11-13H,6-10,17H2,1-5H3. The minimum atomic E-state index is -0.143. The quantitative estimate of drug-likeness (QED) is 0.922. The first-order chi connectivity index (χ1) is 9.24. The Bertz CT molecular complexity index is 444. The molecule has 0 aliphatic heterocycles. The van der Waals surface area contributed by atoms with Crippen LogP contribution in [0.3, 0.4) is 0 Å². The Labute approximate surface area is 123 Å². The van der Waals surface area contributed by atoms with Crippen LogP contribution in [0.15, 0.2) is 6.33 Å². The van der Waals surface area contributed by atoms with E-state index in [0.29, 0.717) is 12.0 Å². The summed E-state index contributed by atoms with van der Waals surface area (Å²) in [4.78, 5) is 4.47. The molecule has 1 aliphatic rings. The zero-order valence-corrected chi connectivity index (χ0v) is 13.7. The van der Waals surface area contributed by atoms with Crippen LogP contribution < -0.4 is 5.73 Å². The Hall–Kier alpha value is -0.900. The van der Waals surface area contributed by atoms with Gasteiger partial charge in [0.25, 0.3) is 0 Å². The summed E-state index contributed by atoms with van der Waals surface area (Å²) in [6.07, 6.45) is 7.37. The Kier molecular flexibility index (Phi) is 4.24. The molecule has 0 amide bonds. The van der Waals surface area contributed by atoms with Gasteiger partial charge >= 0.3 is 0 Å². The van der Waals surface area contributed by atoms with Crippen molar-refractivity contribution in [2.75, 3.05) is 0 Å². The van der Waals surface area contributed by atoms with Crippen molar-refractivity contribution in [3.8, 4) is 0 Å². The van der Waals surface area contributed by atoms with E-state index < -0.39 is 0 Å². The first-order valence-electron chi connectivity index (χ1n) is 7.91. The maximum Gasteiger partial charge on any atom is 0.138 e. The number of nitrogens with zero attached hydrogens (tertiary/aromatic N) is 3. The maximum atomic E-state index is 6.87. The highest BCUT2D eigenvalue weighted by Crippen LogP contribution is 2.44. The molecule has 4 nitrogen and oxygen atoms in total. The molecule has 1 aromatic rings. The molecule has 4 heteroatoms. The average molecular weight is 278 g/mol. The zero-order valence-electron chi connectivity index (χ0n) is 13.7. The lowest BCUT2D eigenvalue weighted by molar-refractivity contribution is 0.0769. The third-order valence-electron chi connectivity index (χ3n) is 4.75. The third kappa shape index (κ3) is 3.05. The highest BCUT2D eigenvalue weighted by molar-refractivity contribution is 5.05. The molecule has 1 aromatic heterocycles. The molecule has 0 bridgehead atoms. The molecular weight excluding hydrogens is 248 g/mol. The smallest absolute Gasteiger partial charge is 0.138 e. The molecule has 0 radical (unpaired) electrons. The van der Waals surface area contributed by atoms with Crippen molar-refractivity contribution < 1.29 is 0 Å². The first kappa shape index (κ1) is 15.5. The summed E-state index contributed by atoms with van der Waals surface area (Å²) in [6.45, 7) is 11.2. The van der Waals surface area contributed by atoms with Crippen molar-refractivity contribution >= 4 is 0 Å². The lowest BCUT2D eigenvalue weighted by Crippen LogP contribution is -2.55. The van der Waals surface area contributed by atoms with E-state index in [1.54, 1.807) is 6.33 Å². The van der Waals surface area contributed by atoms with Gasteiger partial charge in [-0.1, -0.05) is 33.6 Å². The Morgan fingerprint density at radius 3 is 2.70 bits per heavy atom. The summed E-state index contributed by atoms with van der Waals surface area (Å²) >= 11 is 0. The largest absolute Gasteiger partial charge is 0.324 e. The van der Waals surface area contributed by atoms with Crippen molar-refractivity contribution in [1.82, 2.24) is 14.8 Å². The molecule has 2 N–H and O–H groups in total. The van der Waals surface area contributed by atoms with E-state index in [4.69, 9.17) is 5.73 Å². The van der Waals surface area contributed by atoms with E-state index in [0.717, 1.165) is 18.7 Å². The van der Waals surface area contributed by atoms with Crippen LogP contribution in [0.1, 0.15) is 72.2 Å². The topological polar surface area (TPSA) is 56.7 Å². The normalized spacial score (nSPS) is 28.1. The number of hydrogen-bond donors (Lipinski definition) is 1. The highest BCUT2D eigenvalue weighted by atomic mass is 15.3. The van der Waals surface area contributed by atoms with E-state index >= 15 is 0 Å². The summed E-state index contributed by atoms with van der Waals surface area (Å²) in [7, 11) is 0. The fourth-order valence-corrected chi connectivity index (χ4v) is 3.90. The van der Waals surface area contributed by atoms with Crippen LogP contribution in [-0.4, -0.2) is 20.3 Å². The predicted octanol–water partition coefficient (Wildman–Crippen LogP) is 3.34. The zero-order chi connectivity index (χ0) is 15.0. The summed E-state index contributed by atoms with van der Waals surface area (Å²) in [6, 6.07) is 0.341. The summed E-state index contributed by atoms with van der Waals surface area (Å²) in [5.41, 5.74) is 6.97. The van der Waals surface area contributed by atoms with Gasteiger partial charge < -0.3 is 5.73 Å². The van der Waals surface area contributed by atoms with Crippen LogP contribution in [0.4, 0.5) is 0 Å². The molecule has 1 heterocycles. The van der Waals surface area contributed by atoms with Gasteiger partial charge in [0, 0.05) is 18.0 Å². The molecule has 1 aliphatic carbocycles. The van der Waals surface area contributed by atoms with E-state index in [1.165, 1.54) is 19.3 Å². The van der Waals surface area contributed by atoms with Crippen LogP contribution in [0, 0.1) is 11.3 Å². The molecule has 1 saturated carbocycles. The van der Waals surface area contributed by atoms with Gasteiger partial charge in [-0.3, -0.25) is 0 Å². The first-order valence-corrected chi connectivity index (χ1v) is 7.91. The van der Waals surface area contributed by atoms with Crippen molar-refractivity contribution in [1.29, 1.82) is 0 Å². The Morgan fingerprint density at radius 2 is 2.10 bits per heavy atom. The van der Waals surface area contributed by atoms with Crippen LogP contribution >= 0.6 is 0 Å². The minimum Gasteiger partial charge on any atom is -0.324 e. The molecule has 2 rings (SSSR count). The van der Waals surface area contributed by atoms with E-state index in [9.17, 15) is 0 Å². The van der Waals surface area contributed by atoms with Gasteiger partial charge in [0.1, 0.15) is 12.2 Å². The lowest BCUT2D eigenvalue weighted by atomic mass is 9.61. The minimum absolute atomic E-state index is 0.143. The van der Waals surface area contributed by atoms with E-state index in [2.05, 4.69) is 44.7 Å². The van der Waals surface area contributed by atoms with Crippen LogP contribution in [0.2, 0.25) is 0 Å². The second kappa shape index (κ2) is 5.47. The molecular formula is C16H30N4. The molecule has 0 saturated heterocycles. The third-order valence-corrected chi connectivity index (χ3v) is 4.75. The van der Waals surface area contributed by atoms with E-state index in [1.807, 2.05) is 4.68 Å². The maximum absolute atomic E-state index is 6.87. The highest BCUT2D eigenvalue weighted by Gasteiger charge is 2.44. The number of aromatic nitrogens is 3. The molecule has 2 atom stereocenters. The van der Waals surface area contributed by atoms with Gasteiger partial charge in [-0.25, -0.2) is 9.67 Å². The van der Waals surface area contributed by atoms with E-state index in [-0.39, 0.29) is 11.0 Å². The number of nitrogens with two attached hydrogens (primary N) is 1. The summed E-state index contributed by atoms with van der Waals surface area (Å²) < 4.78 is 2.02. The molecule has 0 aromatic carbocycles. The Balaban J connectivity index is 2.26. The molecule has 0 spiro atoms. The van der Waals surface area contributed by atoms with Crippen molar-refractivity contribution in [3.63, 3.8) is 0 Å². The van der Waals surface area contributed by atoms with Crippen LogP contribution in [0.5, 0.6) is 0 Å². The van der Waals surface area contributed by atoms with Crippen LogP contribution in [0.25, 0.3) is 0 Å². The molecule has 114 valence electrons. The van der Waals surface area contributed by atoms with Crippen molar-refractivity contribution in [2.24, 2.45) is 17.1 Å². The second-order valence-corrected chi connectivity index (χ2v) is 7.79. The Morgan fingerprint density at radius 1 is 1.40 bits per heavy atom. The van der Waals surface area contributed by atoms with Gasteiger partial charge in [0.2, 0.25) is 0 Å². The van der Waals surface area contributed by atoms with Gasteiger partial charge in [-0.15, -0.1) is 0 Å². The monoisotopic (exact) mass is 278 g/mol. The predicted molar refractivity (Wildman–Crippen MR) is 82.4 cm³/mol. The number of hydrogen-bond acceptors (Lipinski definition) is 3. The fraction of sp³-hybridized carbons (Fsp3) is 0.875. The molecule has 1 fully saturated rings. The lowest BCUT2D eigenvalue weighted by Gasteiger charge is -2.48. The van der Waals surface area contributed by atoms with Crippen molar-refractivity contribution in [3.05, 3.63) is 12.2 Å². The van der Waals surface area contributed by atoms with Crippen molar-refractivity contribution in [2.45, 2.75) is 78.3 Å². The van der Waals surface area contributed by atoms with Gasteiger partial charge in [0.05, 0.1) is 0 Å². The molecule has 2 unspecified atom stereocenters. The van der Waals surface area contributed by atoms with Gasteiger partial charge in [-0.2, -0.15) is 5.10 Å². The average Bonchev–Trinajstić information content (AvgIpc) is 2.75.